The summed E-state index contributed by atoms with van der Waals surface area (Å²) in [6, 6.07) is 14.5. The van der Waals surface area contributed by atoms with E-state index in [1.807, 2.05) is 18.2 Å². The minimum Gasteiger partial charge on any atom is -0.353 e. The van der Waals surface area contributed by atoms with Crippen molar-refractivity contribution in [1.29, 1.82) is 0 Å². The first-order chi connectivity index (χ1) is 13.5. The van der Waals surface area contributed by atoms with Gasteiger partial charge in [0.15, 0.2) is 5.82 Å². The number of para-hydroxylation sites is 1. The number of rotatable bonds is 8. The Morgan fingerprint density at radius 2 is 1.82 bits per heavy atom. The molecule has 0 radical (unpaired) electrons. The van der Waals surface area contributed by atoms with Gasteiger partial charge in [0.2, 0.25) is 16.0 Å². The molecule has 0 spiro atoms. The molecule has 9 heteroatoms. The molecule has 0 saturated carbocycles. The maximum atomic E-state index is 11.3. The predicted octanol–water partition coefficient (Wildman–Crippen LogP) is 2.48. The molecular weight excluding hydrogens is 376 g/mol. The van der Waals surface area contributed by atoms with Gasteiger partial charge in [0.1, 0.15) is 0 Å². The fraction of sp³-hybridized carbons (Fsp3) is 0.211. The predicted molar refractivity (Wildman–Crippen MR) is 109 cm³/mol. The van der Waals surface area contributed by atoms with E-state index in [1.165, 1.54) is 17.7 Å². The van der Waals surface area contributed by atoms with Gasteiger partial charge in [0, 0.05) is 12.2 Å². The third kappa shape index (κ3) is 5.24. The van der Waals surface area contributed by atoms with E-state index in [9.17, 15) is 8.42 Å². The van der Waals surface area contributed by atoms with Crippen molar-refractivity contribution in [3.63, 3.8) is 0 Å². The van der Waals surface area contributed by atoms with Gasteiger partial charge in [-0.25, -0.2) is 13.6 Å². The number of nitrogens with two attached hydrogens (primary N) is 1. The van der Waals surface area contributed by atoms with Gasteiger partial charge in [0.05, 0.1) is 11.1 Å². The number of hydrogen-bond donors (Lipinski definition) is 3. The third-order valence-electron chi connectivity index (χ3n) is 4.17. The van der Waals surface area contributed by atoms with Crippen LogP contribution >= 0.6 is 0 Å². The molecule has 0 aliphatic carbocycles. The van der Waals surface area contributed by atoms with Crippen LogP contribution in [0.4, 0.5) is 17.5 Å². The summed E-state index contributed by atoms with van der Waals surface area (Å²) < 4.78 is 22.6. The summed E-state index contributed by atoms with van der Waals surface area (Å²) in [7, 11) is -3.67. The molecule has 0 fully saturated rings. The van der Waals surface area contributed by atoms with Crippen LogP contribution in [-0.2, 0) is 22.9 Å². The number of hydrogen-bond acceptors (Lipinski definition) is 7. The van der Waals surface area contributed by atoms with Gasteiger partial charge in [0.25, 0.3) is 0 Å². The third-order valence-corrected chi connectivity index (χ3v) is 5.10. The Hall–Kier alpha value is -3.04. The van der Waals surface area contributed by atoms with Crippen LogP contribution in [0.5, 0.6) is 0 Å². The van der Waals surface area contributed by atoms with Crippen LogP contribution in [0.3, 0.4) is 0 Å². The molecule has 1 heterocycles. The first-order valence-corrected chi connectivity index (χ1v) is 10.4. The Morgan fingerprint density at radius 3 is 2.54 bits per heavy atom. The fourth-order valence-corrected chi connectivity index (χ4v) is 3.21. The molecule has 0 saturated heterocycles. The van der Waals surface area contributed by atoms with Crippen molar-refractivity contribution in [2.24, 2.45) is 5.14 Å². The summed E-state index contributed by atoms with van der Waals surface area (Å²) in [6.07, 6.45) is 3.16. The normalized spacial score (nSPS) is 11.2. The molecule has 0 bridgehead atoms. The van der Waals surface area contributed by atoms with E-state index in [-0.39, 0.29) is 4.90 Å². The average molecular weight is 398 g/mol. The monoisotopic (exact) mass is 398 g/mol. The van der Waals surface area contributed by atoms with E-state index in [0.717, 1.165) is 17.7 Å². The molecule has 2 aromatic carbocycles. The second-order valence-electron chi connectivity index (χ2n) is 6.17. The summed E-state index contributed by atoms with van der Waals surface area (Å²) >= 11 is 0. The van der Waals surface area contributed by atoms with E-state index in [2.05, 4.69) is 38.8 Å². The first-order valence-electron chi connectivity index (χ1n) is 8.86. The van der Waals surface area contributed by atoms with Crippen LogP contribution in [0.1, 0.15) is 18.1 Å². The van der Waals surface area contributed by atoms with Crippen molar-refractivity contribution in [1.82, 2.24) is 15.2 Å². The lowest BCUT2D eigenvalue weighted by molar-refractivity contribution is 0.598. The van der Waals surface area contributed by atoms with Gasteiger partial charge in [-0.05, 0) is 42.2 Å². The Bertz CT molecular complexity index is 1040. The fourth-order valence-electron chi connectivity index (χ4n) is 2.69. The second-order valence-corrected chi connectivity index (χ2v) is 7.73. The summed E-state index contributed by atoms with van der Waals surface area (Å²) in [5, 5.41) is 19.5. The van der Waals surface area contributed by atoms with Crippen molar-refractivity contribution in [2.45, 2.75) is 24.7 Å². The highest BCUT2D eigenvalue weighted by molar-refractivity contribution is 7.89. The minimum absolute atomic E-state index is 0.0999. The number of aryl methyl sites for hydroxylation is 1. The molecule has 0 unspecified atom stereocenters. The molecule has 3 aromatic rings. The van der Waals surface area contributed by atoms with Crippen molar-refractivity contribution in [3.8, 4) is 0 Å². The molecule has 4 N–H and O–H groups in total. The molecule has 3 rings (SSSR count). The Morgan fingerprint density at radius 1 is 1.07 bits per heavy atom. The highest BCUT2D eigenvalue weighted by Gasteiger charge is 2.07. The molecule has 0 aliphatic rings. The molecule has 0 aliphatic heterocycles. The largest absolute Gasteiger partial charge is 0.353 e. The highest BCUT2D eigenvalue weighted by Crippen LogP contribution is 2.19. The molecular formula is C19H22N6O2S. The van der Waals surface area contributed by atoms with Gasteiger partial charge in [-0.15, -0.1) is 5.10 Å². The topological polar surface area (TPSA) is 123 Å². The molecule has 0 atom stereocenters. The van der Waals surface area contributed by atoms with E-state index in [4.69, 9.17) is 5.14 Å². The van der Waals surface area contributed by atoms with Gasteiger partial charge in [-0.3, -0.25) is 0 Å². The quantitative estimate of drug-likeness (QED) is 0.532. The highest BCUT2D eigenvalue weighted by atomic mass is 32.2. The van der Waals surface area contributed by atoms with Gasteiger partial charge in [-0.1, -0.05) is 37.3 Å². The minimum atomic E-state index is -3.67. The van der Waals surface area contributed by atoms with E-state index in [0.29, 0.717) is 24.7 Å². The standard InChI is InChI=1S/C19H22N6O2S/c1-2-15-5-3-4-6-17(15)23-18-13-22-25-19(24-18)21-12-11-14-7-9-16(10-8-14)28(20,26)27/h3-10,13H,2,11-12H2,1H3,(H2,20,26,27)(H2,21,23,24,25). The zero-order valence-electron chi connectivity index (χ0n) is 15.5. The number of benzene rings is 2. The summed E-state index contributed by atoms with van der Waals surface area (Å²) in [4.78, 5) is 4.53. The Labute approximate surface area is 164 Å². The van der Waals surface area contributed by atoms with Gasteiger partial charge < -0.3 is 10.6 Å². The number of nitrogens with one attached hydrogen (secondary N) is 2. The number of anilines is 3. The molecule has 0 amide bonds. The van der Waals surface area contributed by atoms with E-state index in [1.54, 1.807) is 18.3 Å². The molecule has 8 nitrogen and oxygen atoms in total. The lowest BCUT2D eigenvalue weighted by Gasteiger charge is -2.10. The zero-order chi connectivity index (χ0) is 20.0. The average Bonchev–Trinajstić information content (AvgIpc) is 2.68. The molecule has 146 valence electrons. The van der Waals surface area contributed by atoms with Crippen LogP contribution in [0.25, 0.3) is 0 Å². The molecule has 28 heavy (non-hydrogen) atoms. The van der Waals surface area contributed by atoms with Crippen LogP contribution < -0.4 is 15.8 Å². The lowest BCUT2D eigenvalue weighted by Crippen LogP contribution is -2.12. The lowest BCUT2D eigenvalue weighted by atomic mass is 10.1. The van der Waals surface area contributed by atoms with Crippen molar-refractivity contribution < 1.29 is 8.42 Å². The summed E-state index contributed by atoms with van der Waals surface area (Å²) in [5.41, 5.74) is 3.16. The second kappa shape index (κ2) is 8.77. The van der Waals surface area contributed by atoms with E-state index < -0.39 is 10.0 Å². The Kier molecular flexibility index (Phi) is 6.17. The molecule has 1 aromatic heterocycles. The zero-order valence-corrected chi connectivity index (χ0v) is 16.3. The number of aromatic nitrogens is 3. The number of nitrogens with zero attached hydrogens (tertiary/aromatic N) is 3. The van der Waals surface area contributed by atoms with Crippen molar-refractivity contribution >= 4 is 27.5 Å². The summed E-state index contributed by atoms with van der Waals surface area (Å²) in [5.74, 6) is 1.02. The van der Waals surface area contributed by atoms with Crippen LogP contribution in [0, 0.1) is 0 Å². The maximum Gasteiger partial charge on any atom is 0.244 e. The SMILES string of the molecule is CCc1ccccc1Nc1cnnc(NCCc2ccc(S(N)(=O)=O)cc2)n1. The van der Waals surface area contributed by atoms with E-state index >= 15 is 0 Å². The van der Waals surface area contributed by atoms with Gasteiger partial charge in [-0.2, -0.15) is 10.1 Å². The van der Waals surface area contributed by atoms with Crippen LogP contribution in [0.15, 0.2) is 59.6 Å². The smallest absolute Gasteiger partial charge is 0.244 e. The summed E-state index contributed by atoms with van der Waals surface area (Å²) in [6.45, 7) is 2.67. The van der Waals surface area contributed by atoms with Crippen molar-refractivity contribution in [2.75, 3.05) is 17.2 Å². The van der Waals surface area contributed by atoms with Crippen molar-refractivity contribution in [3.05, 3.63) is 65.9 Å². The van der Waals surface area contributed by atoms with Crippen LogP contribution in [-0.4, -0.2) is 30.1 Å². The van der Waals surface area contributed by atoms with Crippen LogP contribution in [0.2, 0.25) is 0 Å². The Balaban J connectivity index is 1.59. The maximum absolute atomic E-state index is 11.3. The first kappa shape index (κ1) is 19.7. The van der Waals surface area contributed by atoms with Gasteiger partial charge >= 0.3 is 0 Å². The number of primary sulfonamides is 1. The number of sulfonamides is 1.